The standard InChI is InChI=1S/C21H29N5O/c1-21(2,3)18-10-19(27)26(14-24-18)13-15-6-8-25(9-7-15)20-22-11-17(12-23-20)16-4-5-16/h10-12,14-16H,4-9,13H2,1-3H3. The van der Waals surface area contributed by atoms with Gasteiger partial charge in [-0.3, -0.25) is 9.36 Å². The summed E-state index contributed by atoms with van der Waals surface area (Å²) in [6.07, 6.45) is 10.3. The van der Waals surface area contributed by atoms with Crippen molar-refractivity contribution >= 4 is 5.95 Å². The molecule has 144 valence electrons. The van der Waals surface area contributed by atoms with E-state index >= 15 is 0 Å². The third-order valence-corrected chi connectivity index (χ3v) is 5.71. The lowest BCUT2D eigenvalue weighted by Crippen LogP contribution is -2.37. The fraction of sp³-hybridized carbons (Fsp3) is 0.619. The van der Waals surface area contributed by atoms with E-state index in [1.165, 1.54) is 18.4 Å². The summed E-state index contributed by atoms with van der Waals surface area (Å²) >= 11 is 0. The summed E-state index contributed by atoms with van der Waals surface area (Å²) < 4.78 is 1.76. The first-order chi connectivity index (χ1) is 12.9. The smallest absolute Gasteiger partial charge is 0.253 e. The molecular weight excluding hydrogens is 338 g/mol. The van der Waals surface area contributed by atoms with Gasteiger partial charge in [0.05, 0.1) is 12.0 Å². The number of hydrogen-bond acceptors (Lipinski definition) is 5. The summed E-state index contributed by atoms with van der Waals surface area (Å²) in [5.41, 5.74) is 2.08. The van der Waals surface area contributed by atoms with Gasteiger partial charge in [-0.25, -0.2) is 15.0 Å². The van der Waals surface area contributed by atoms with Gasteiger partial charge in [0.15, 0.2) is 0 Å². The molecule has 0 spiro atoms. The molecule has 0 radical (unpaired) electrons. The Labute approximate surface area is 160 Å². The molecule has 1 saturated heterocycles. The first-order valence-corrected chi connectivity index (χ1v) is 10.0. The van der Waals surface area contributed by atoms with Gasteiger partial charge in [-0.2, -0.15) is 0 Å². The van der Waals surface area contributed by atoms with E-state index < -0.39 is 0 Å². The van der Waals surface area contributed by atoms with Gasteiger partial charge in [0, 0.05) is 43.5 Å². The highest BCUT2D eigenvalue weighted by Crippen LogP contribution is 2.39. The Kier molecular flexibility index (Phi) is 4.74. The maximum atomic E-state index is 12.4. The van der Waals surface area contributed by atoms with Crippen molar-refractivity contribution in [2.45, 2.75) is 64.3 Å². The van der Waals surface area contributed by atoms with Crippen molar-refractivity contribution in [3.63, 3.8) is 0 Å². The molecule has 6 heteroatoms. The molecule has 0 aromatic carbocycles. The Morgan fingerprint density at radius 3 is 2.26 bits per heavy atom. The van der Waals surface area contributed by atoms with Gasteiger partial charge in [-0.05, 0) is 43.1 Å². The van der Waals surface area contributed by atoms with Gasteiger partial charge >= 0.3 is 0 Å². The van der Waals surface area contributed by atoms with E-state index in [-0.39, 0.29) is 11.0 Å². The van der Waals surface area contributed by atoms with Crippen LogP contribution in [-0.2, 0) is 12.0 Å². The van der Waals surface area contributed by atoms with Gasteiger partial charge in [-0.15, -0.1) is 0 Å². The van der Waals surface area contributed by atoms with Crippen molar-refractivity contribution in [3.05, 3.63) is 46.4 Å². The maximum absolute atomic E-state index is 12.4. The molecule has 0 bridgehead atoms. The lowest BCUT2D eigenvalue weighted by Gasteiger charge is -2.32. The van der Waals surface area contributed by atoms with Crippen LogP contribution < -0.4 is 10.5 Å². The lowest BCUT2D eigenvalue weighted by molar-refractivity contribution is 0.348. The summed E-state index contributed by atoms with van der Waals surface area (Å²) in [7, 11) is 0. The van der Waals surface area contributed by atoms with Crippen LogP contribution in [0, 0.1) is 5.92 Å². The zero-order valence-corrected chi connectivity index (χ0v) is 16.6. The molecule has 27 heavy (non-hydrogen) atoms. The fourth-order valence-electron chi connectivity index (χ4n) is 3.69. The molecule has 0 unspecified atom stereocenters. The van der Waals surface area contributed by atoms with E-state index in [0.717, 1.165) is 44.1 Å². The summed E-state index contributed by atoms with van der Waals surface area (Å²) in [6.45, 7) is 8.85. The van der Waals surface area contributed by atoms with Crippen molar-refractivity contribution in [1.82, 2.24) is 19.5 Å². The largest absolute Gasteiger partial charge is 0.341 e. The first-order valence-electron chi connectivity index (χ1n) is 10.0. The highest BCUT2D eigenvalue weighted by atomic mass is 16.1. The Balaban J connectivity index is 1.34. The molecule has 1 aliphatic heterocycles. The van der Waals surface area contributed by atoms with E-state index in [2.05, 4.69) is 40.6 Å². The molecule has 1 saturated carbocycles. The van der Waals surface area contributed by atoms with Gasteiger partial charge in [0.1, 0.15) is 0 Å². The molecule has 0 amide bonds. The number of anilines is 1. The van der Waals surface area contributed by atoms with Crippen molar-refractivity contribution in [3.8, 4) is 0 Å². The molecule has 2 aromatic rings. The molecule has 2 aromatic heterocycles. The third-order valence-electron chi connectivity index (χ3n) is 5.71. The van der Waals surface area contributed by atoms with Crippen molar-refractivity contribution in [2.24, 2.45) is 5.92 Å². The molecule has 1 aliphatic carbocycles. The predicted octanol–water partition coefficient (Wildman–Crippen LogP) is 3.12. The lowest BCUT2D eigenvalue weighted by atomic mass is 9.92. The first kappa shape index (κ1) is 18.1. The Bertz CT molecular complexity index is 840. The molecule has 2 aliphatic rings. The quantitative estimate of drug-likeness (QED) is 0.831. The van der Waals surface area contributed by atoms with Crippen LogP contribution in [0.2, 0.25) is 0 Å². The van der Waals surface area contributed by atoms with Gasteiger partial charge < -0.3 is 4.90 Å². The van der Waals surface area contributed by atoms with Crippen LogP contribution in [0.15, 0.2) is 29.6 Å². The molecule has 0 atom stereocenters. The maximum Gasteiger partial charge on any atom is 0.253 e. The van der Waals surface area contributed by atoms with Crippen LogP contribution in [0.4, 0.5) is 5.95 Å². The average Bonchev–Trinajstić information content (AvgIpc) is 3.49. The number of piperidine rings is 1. The molecule has 4 rings (SSSR count). The average molecular weight is 367 g/mol. The second kappa shape index (κ2) is 7.06. The van der Waals surface area contributed by atoms with E-state index in [4.69, 9.17) is 0 Å². The van der Waals surface area contributed by atoms with Crippen LogP contribution in [0.5, 0.6) is 0 Å². The minimum Gasteiger partial charge on any atom is -0.341 e. The van der Waals surface area contributed by atoms with Gasteiger partial charge in [-0.1, -0.05) is 20.8 Å². The molecule has 6 nitrogen and oxygen atoms in total. The molecular formula is C21H29N5O. The van der Waals surface area contributed by atoms with E-state index in [0.29, 0.717) is 11.8 Å². The SMILES string of the molecule is CC(C)(C)c1cc(=O)n(CC2CCN(c3ncc(C4CC4)cn3)CC2)cn1. The second-order valence-electron chi connectivity index (χ2n) is 9.04. The summed E-state index contributed by atoms with van der Waals surface area (Å²) in [5, 5.41) is 0. The van der Waals surface area contributed by atoms with E-state index in [1.54, 1.807) is 17.0 Å². The Morgan fingerprint density at radius 1 is 1.04 bits per heavy atom. The van der Waals surface area contributed by atoms with Crippen LogP contribution in [0.25, 0.3) is 0 Å². The minimum absolute atomic E-state index is 0.0522. The number of aromatic nitrogens is 4. The zero-order chi connectivity index (χ0) is 19.0. The van der Waals surface area contributed by atoms with Crippen LogP contribution in [0.3, 0.4) is 0 Å². The second-order valence-corrected chi connectivity index (χ2v) is 9.04. The number of rotatable bonds is 4. The topological polar surface area (TPSA) is 63.9 Å². The Hall–Kier alpha value is -2.24. The predicted molar refractivity (Wildman–Crippen MR) is 106 cm³/mol. The summed E-state index contributed by atoms with van der Waals surface area (Å²) in [6, 6.07) is 1.68. The van der Waals surface area contributed by atoms with Crippen molar-refractivity contribution in [2.75, 3.05) is 18.0 Å². The van der Waals surface area contributed by atoms with Crippen LogP contribution in [0.1, 0.15) is 63.6 Å². The normalized spacial score (nSPS) is 18.7. The van der Waals surface area contributed by atoms with Gasteiger partial charge in [0.2, 0.25) is 5.95 Å². The number of nitrogens with zero attached hydrogens (tertiary/aromatic N) is 5. The number of hydrogen-bond donors (Lipinski definition) is 0. The molecule has 2 fully saturated rings. The highest BCUT2D eigenvalue weighted by Gasteiger charge is 2.26. The van der Waals surface area contributed by atoms with Crippen molar-refractivity contribution < 1.29 is 0 Å². The van der Waals surface area contributed by atoms with Crippen molar-refractivity contribution in [1.29, 1.82) is 0 Å². The summed E-state index contributed by atoms with van der Waals surface area (Å²) in [4.78, 5) is 28.3. The molecule has 3 heterocycles. The van der Waals surface area contributed by atoms with Gasteiger partial charge in [0.25, 0.3) is 5.56 Å². The minimum atomic E-state index is -0.0986. The molecule has 0 N–H and O–H groups in total. The van der Waals surface area contributed by atoms with Crippen LogP contribution >= 0.6 is 0 Å². The summed E-state index contributed by atoms with van der Waals surface area (Å²) in [5.74, 6) is 2.03. The zero-order valence-electron chi connectivity index (χ0n) is 16.6. The van der Waals surface area contributed by atoms with E-state index in [1.807, 2.05) is 12.4 Å². The highest BCUT2D eigenvalue weighted by molar-refractivity contribution is 5.32. The Morgan fingerprint density at radius 2 is 1.70 bits per heavy atom. The fourth-order valence-corrected chi connectivity index (χ4v) is 3.69. The van der Waals surface area contributed by atoms with Crippen LogP contribution in [-0.4, -0.2) is 32.6 Å². The van der Waals surface area contributed by atoms with E-state index in [9.17, 15) is 4.79 Å². The monoisotopic (exact) mass is 367 g/mol. The third kappa shape index (κ3) is 4.20.